The summed E-state index contributed by atoms with van der Waals surface area (Å²) in [5.41, 5.74) is 1.41. The van der Waals surface area contributed by atoms with Gasteiger partial charge in [-0.25, -0.2) is 4.79 Å². The summed E-state index contributed by atoms with van der Waals surface area (Å²) >= 11 is 0. The molecule has 0 aliphatic heterocycles. The van der Waals surface area contributed by atoms with Crippen molar-refractivity contribution in [3.63, 3.8) is 0 Å². The van der Waals surface area contributed by atoms with Gasteiger partial charge in [-0.05, 0) is 32.2 Å². The van der Waals surface area contributed by atoms with Crippen LogP contribution in [0.5, 0.6) is 5.75 Å². The van der Waals surface area contributed by atoms with Crippen LogP contribution in [0.2, 0.25) is 0 Å². The van der Waals surface area contributed by atoms with Crippen LogP contribution in [0.25, 0.3) is 0 Å². The molecule has 0 bridgehead atoms. The Morgan fingerprint density at radius 3 is 3.00 bits per heavy atom. The lowest BCUT2D eigenvalue weighted by Crippen LogP contribution is -2.27. The van der Waals surface area contributed by atoms with Crippen molar-refractivity contribution in [3.8, 4) is 5.75 Å². The van der Waals surface area contributed by atoms with Gasteiger partial charge in [-0.1, -0.05) is 19.8 Å². The molecule has 5 nitrogen and oxygen atoms in total. The van der Waals surface area contributed by atoms with Gasteiger partial charge in [-0.15, -0.1) is 0 Å². The fourth-order valence-electron chi connectivity index (χ4n) is 2.75. The second kappa shape index (κ2) is 6.70. The van der Waals surface area contributed by atoms with Crippen LogP contribution in [0.1, 0.15) is 66.7 Å². The average molecular weight is 278 g/mol. The van der Waals surface area contributed by atoms with Gasteiger partial charge in [0.2, 0.25) is 0 Å². The van der Waals surface area contributed by atoms with Crippen molar-refractivity contribution >= 4 is 5.97 Å². The number of nitrogens with zero attached hydrogens (tertiary/aromatic N) is 1. The molecule has 2 rings (SSSR count). The van der Waals surface area contributed by atoms with Gasteiger partial charge in [-0.2, -0.15) is 0 Å². The second-order valence-corrected chi connectivity index (χ2v) is 5.29. The van der Waals surface area contributed by atoms with Crippen molar-refractivity contribution in [3.05, 3.63) is 23.0 Å². The molecule has 0 saturated carbocycles. The summed E-state index contributed by atoms with van der Waals surface area (Å²) in [4.78, 5) is 15.3. The smallest absolute Gasteiger partial charge is 0.341 e. The second-order valence-electron chi connectivity index (χ2n) is 5.29. The minimum Gasteiger partial charge on any atom is -0.507 e. The maximum absolute atomic E-state index is 11.1. The fourth-order valence-corrected chi connectivity index (χ4v) is 2.75. The van der Waals surface area contributed by atoms with Crippen LogP contribution in [0, 0.1) is 0 Å². The molecule has 1 atom stereocenters. The highest BCUT2D eigenvalue weighted by molar-refractivity contribution is 5.91. The molecule has 1 aromatic heterocycles. The molecule has 20 heavy (non-hydrogen) atoms. The van der Waals surface area contributed by atoms with E-state index >= 15 is 0 Å². The number of rotatable bonds is 6. The highest BCUT2D eigenvalue weighted by Crippen LogP contribution is 2.36. The summed E-state index contributed by atoms with van der Waals surface area (Å²) in [6.07, 6.45) is 7.42. The summed E-state index contributed by atoms with van der Waals surface area (Å²) in [5.74, 6) is -1.25. The molecule has 1 aliphatic carbocycles. The predicted octanol–water partition coefficient (Wildman–Crippen LogP) is 2.64. The van der Waals surface area contributed by atoms with Crippen LogP contribution in [0.15, 0.2) is 6.20 Å². The molecule has 0 aromatic carbocycles. The third-order valence-corrected chi connectivity index (χ3v) is 3.83. The molecule has 0 amide bonds. The summed E-state index contributed by atoms with van der Waals surface area (Å²) in [6.45, 7) is 3.04. The van der Waals surface area contributed by atoms with Gasteiger partial charge < -0.3 is 15.5 Å². The number of hydrogen-bond donors (Lipinski definition) is 3. The van der Waals surface area contributed by atoms with E-state index in [4.69, 9.17) is 5.11 Å². The third kappa shape index (κ3) is 3.10. The van der Waals surface area contributed by atoms with Gasteiger partial charge in [0.05, 0.1) is 0 Å². The molecule has 1 aliphatic rings. The highest BCUT2D eigenvalue weighted by Gasteiger charge is 2.27. The first-order valence-corrected chi connectivity index (χ1v) is 7.32. The molecule has 0 fully saturated rings. The molecular weight excluding hydrogens is 256 g/mol. The van der Waals surface area contributed by atoms with Gasteiger partial charge in [-0.3, -0.25) is 4.98 Å². The number of aromatic nitrogens is 1. The Morgan fingerprint density at radius 2 is 2.30 bits per heavy atom. The zero-order valence-electron chi connectivity index (χ0n) is 11.9. The molecule has 5 heteroatoms. The molecule has 0 spiro atoms. The number of aromatic hydroxyl groups is 1. The standard InChI is InChI=1S/C15H22N2O3/c1-2-3-4-8-16-11-6-5-7-12-13(11)14(18)10(9-17-12)15(19)20/h9,11,16H,2-8H2,1H3,(H,17,18)(H,19,20). The van der Waals surface area contributed by atoms with Gasteiger partial charge in [0.1, 0.15) is 11.3 Å². The maximum atomic E-state index is 11.1. The number of pyridine rings is 1. The van der Waals surface area contributed by atoms with E-state index in [1.807, 2.05) is 0 Å². The Bertz CT molecular complexity index is 488. The zero-order valence-corrected chi connectivity index (χ0v) is 11.9. The van der Waals surface area contributed by atoms with Crippen LogP contribution >= 0.6 is 0 Å². The number of aromatic carboxylic acids is 1. The van der Waals surface area contributed by atoms with Crippen LogP contribution in [0.3, 0.4) is 0 Å². The minimum absolute atomic E-state index is 0.0161. The SMILES string of the molecule is CCCCCNC1CCCc2ncc(C(=O)O)c(O)c21. The first kappa shape index (κ1) is 14.8. The van der Waals surface area contributed by atoms with Gasteiger partial charge >= 0.3 is 5.97 Å². The van der Waals surface area contributed by atoms with Crippen molar-refractivity contribution in [1.82, 2.24) is 10.3 Å². The Morgan fingerprint density at radius 1 is 1.50 bits per heavy atom. The van der Waals surface area contributed by atoms with Crippen molar-refractivity contribution in [2.75, 3.05) is 6.54 Å². The van der Waals surface area contributed by atoms with E-state index in [0.29, 0.717) is 5.56 Å². The first-order chi connectivity index (χ1) is 9.65. The number of carboxylic acids is 1. The molecule has 1 heterocycles. The summed E-state index contributed by atoms with van der Waals surface area (Å²) < 4.78 is 0. The first-order valence-electron chi connectivity index (χ1n) is 7.32. The van der Waals surface area contributed by atoms with Crippen LogP contribution in [-0.4, -0.2) is 27.7 Å². The monoisotopic (exact) mass is 278 g/mol. The van der Waals surface area contributed by atoms with Crippen molar-refractivity contribution < 1.29 is 15.0 Å². The van der Waals surface area contributed by atoms with Gasteiger partial charge in [0.25, 0.3) is 0 Å². The fraction of sp³-hybridized carbons (Fsp3) is 0.600. The summed E-state index contributed by atoms with van der Waals surface area (Å²) in [7, 11) is 0. The van der Waals surface area contributed by atoms with E-state index in [9.17, 15) is 9.90 Å². The van der Waals surface area contributed by atoms with E-state index in [1.54, 1.807) is 0 Å². The van der Waals surface area contributed by atoms with E-state index in [2.05, 4.69) is 17.2 Å². The number of fused-ring (bicyclic) bond motifs is 1. The summed E-state index contributed by atoms with van der Waals surface area (Å²) in [6, 6.07) is 0.0161. The van der Waals surface area contributed by atoms with Crippen molar-refractivity contribution in [1.29, 1.82) is 0 Å². The number of carbonyl (C=O) groups is 1. The zero-order chi connectivity index (χ0) is 14.5. The van der Waals surface area contributed by atoms with Crippen molar-refractivity contribution in [2.45, 2.75) is 51.5 Å². The van der Waals surface area contributed by atoms with Crippen molar-refractivity contribution in [2.24, 2.45) is 0 Å². The molecular formula is C15H22N2O3. The Balaban J connectivity index is 2.19. The lowest BCUT2D eigenvalue weighted by atomic mass is 9.89. The van der Waals surface area contributed by atoms with Gasteiger partial charge in [0, 0.05) is 23.5 Å². The Labute approximate surface area is 119 Å². The topological polar surface area (TPSA) is 82.5 Å². The van der Waals surface area contributed by atoms with E-state index < -0.39 is 5.97 Å². The quantitative estimate of drug-likeness (QED) is 0.697. The number of aryl methyl sites for hydroxylation is 1. The highest BCUT2D eigenvalue weighted by atomic mass is 16.4. The number of nitrogens with one attached hydrogen (secondary N) is 1. The Kier molecular flexibility index (Phi) is 4.95. The normalized spacial score (nSPS) is 17.8. The minimum atomic E-state index is -1.13. The van der Waals surface area contributed by atoms with E-state index in [0.717, 1.165) is 37.9 Å². The Hall–Kier alpha value is -1.62. The largest absolute Gasteiger partial charge is 0.507 e. The van der Waals surface area contributed by atoms with Crippen LogP contribution in [-0.2, 0) is 6.42 Å². The van der Waals surface area contributed by atoms with E-state index in [1.165, 1.54) is 19.0 Å². The molecule has 0 radical (unpaired) electrons. The predicted molar refractivity (Wildman–Crippen MR) is 76.1 cm³/mol. The molecule has 0 saturated heterocycles. The van der Waals surface area contributed by atoms with Gasteiger partial charge in [0.15, 0.2) is 0 Å². The summed E-state index contributed by atoms with van der Waals surface area (Å²) in [5, 5.41) is 22.7. The number of carboxylic acid groups (broad SMARTS) is 1. The maximum Gasteiger partial charge on any atom is 0.341 e. The van der Waals surface area contributed by atoms with Crippen LogP contribution < -0.4 is 5.32 Å². The van der Waals surface area contributed by atoms with E-state index in [-0.39, 0.29) is 17.4 Å². The molecule has 110 valence electrons. The number of unbranched alkanes of at least 4 members (excludes halogenated alkanes) is 2. The molecule has 1 aromatic rings. The van der Waals surface area contributed by atoms with Crippen LogP contribution in [0.4, 0.5) is 0 Å². The lowest BCUT2D eigenvalue weighted by Gasteiger charge is -2.27. The average Bonchev–Trinajstić information content (AvgIpc) is 2.43. The lowest BCUT2D eigenvalue weighted by molar-refractivity contribution is 0.0692. The third-order valence-electron chi connectivity index (χ3n) is 3.83. The number of hydrogen-bond acceptors (Lipinski definition) is 4. The molecule has 3 N–H and O–H groups in total. The molecule has 1 unspecified atom stereocenters.